The van der Waals surface area contributed by atoms with Gasteiger partial charge in [0.15, 0.2) is 0 Å². The molecule has 1 heteroatoms. The second kappa shape index (κ2) is 10.0. The Morgan fingerprint density at radius 3 is 1.50 bits per heavy atom. The van der Waals surface area contributed by atoms with Crippen LogP contribution in [0.4, 0.5) is 17.1 Å². The van der Waals surface area contributed by atoms with Gasteiger partial charge < -0.3 is 4.90 Å². The van der Waals surface area contributed by atoms with Crippen molar-refractivity contribution < 1.29 is 0 Å². The molecule has 0 saturated heterocycles. The van der Waals surface area contributed by atoms with Crippen LogP contribution in [0.2, 0.25) is 0 Å². The maximum atomic E-state index is 2.50. The quantitative estimate of drug-likeness (QED) is 0.192. The molecule has 0 fully saturated rings. The van der Waals surface area contributed by atoms with Crippen LogP contribution in [0.5, 0.6) is 0 Å². The number of hydrogen-bond donors (Lipinski definition) is 0. The average molecular weight is 612 g/mol. The highest BCUT2D eigenvalue weighted by atomic mass is 15.1. The highest BCUT2D eigenvalue weighted by molar-refractivity contribution is 6.04. The third-order valence-electron chi connectivity index (χ3n) is 10.6. The summed E-state index contributed by atoms with van der Waals surface area (Å²) in [4.78, 5) is 2.39. The Labute approximate surface area is 281 Å². The zero-order valence-electron chi connectivity index (χ0n) is 27.0. The molecular weight excluding hydrogens is 579 g/mol. The lowest BCUT2D eigenvalue weighted by Gasteiger charge is -2.31. The van der Waals surface area contributed by atoms with Crippen molar-refractivity contribution in [2.75, 3.05) is 4.90 Å². The lowest BCUT2D eigenvalue weighted by molar-refractivity contribution is 0.796. The Hall–Kier alpha value is -5.92. The minimum Gasteiger partial charge on any atom is -0.310 e. The number of anilines is 3. The largest absolute Gasteiger partial charge is 0.310 e. The van der Waals surface area contributed by atoms with Gasteiger partial charge in [0.25, 0.3) is 0 Å². The molecule has 0 heterocycles. The van der Waals surface area contributed by atoms with Crippen LogP contribution in [0, 0.1) is 13.8 Å². The van der Waals surface area contributed by atoms with Crippen LogP contribution < -0.4 is 4.90 Å². The van der Waals surface area contributed by atoms with Crippen molar-refractivity contribution in [3.05, 3.63) is 197 Å². The summed E-state index contributed by atoms with van der Waals surface area (Å²) in [5, 5.41) is 5.06. The predicted molar refractivity (Wildman–Crippen MR) is 202 cm³/mol. The van der Waals surface area contributed by atoms with Crippen LogP contribution in [0.15, 0.2) is 164 Å². The standard InChI is InChI=1S/C47H33N/c1-30-22-31(2)24-38(23-30)48(36-14-4-3-5-15-36)37-21-20-34-27-42-41-26-32-12-6-7-13-33(32)28-45(41)47(46(42)29-35(34)25-37)43-18-10-8-16-39(43)40-17-9-11-19-44(40)47/h3-29H,1-2H3. The highest BCUT2D eigenvalue weighted by Crippen LogP contribution is 2.63. The molecular formula is C47H33N. The monoisotopic (exact) mass is 611 g/mol. The summed E-state index contributed by atoms with van der Waals surface area (Å²) in [6, 6.07) is 61.3. The van der Waals surface area contributed by atoms with Gasteiger partial charge in [-0.15, -0.1) is 0 Å². The van der Waals surface area contributed by atoms with Gasteiger partial charge in [-0.1, -0.05) is 103 Å². The topological polar surface area (TPSA) is 3.24 Å². The Bertz CT molecular complexity index is 2530. The van der Waals surface area contributed by atoms with E-state index in [0.717, 1.165) is 11.4 Å². The number of fused-ring (bicyclic) bond motifs is 12. The molecule has 0 radical (unpaired) electrons. The first-order valence-electron chi connectivity index (χ1n) is 16.8. The Kier molecular flexibility index (Phi) is 5.69. The average Bonchev–Trinajstić information content (AvgIpc) is 3.56. The number of rotatable bonds is 3. The van der Waals surface area contributed by atoms with Crippen molar-refractivity contribution in [1.82, 2.24) is 0 Å². The van der Waals surface area contributed by atoms with Gasteiger partial charge in [-0.25, -0.2) is 0 Å². The fourth-order valence-corrected chi connectivity index (χ4v) is 8.80. The van der Waals surface area contributed by atoms with E-state index >= 15 is 0 Å². The van der Waals surface area contributed by atoms with Crippen LogP contribution in [-0.2, 0) is 5.41 Å². The van der Waals surface area contributed by atoms with E-state index in [4.69, 9.17) is 0 Å². The SMILES string of the molecule is Cc1cc(C)cc(N(c2ccccc2)c2ccc3cc4c(cc3c2)C2(c3ccccc3-c3ccccc32)c2cc3ccccc3cc2-4)c1. The molecule has 0 amide bonds. The summed E-state index contributed by atoms with van der Waals surface area (Å²) < 4.78 is 0. The van der Waals surface area contributed by atoms with Crippen LogP contribution in [-0.4, -0.2) is 0 Å². The van der Waals surface area contributed by atoms with Gasteiger partial charge in [-0.3, -0.25) is 0 Å². The maximum Gasteiger partial charge on any atom is 0.0725 e. The van der Waals surface area contributed by atoms with E-state index in [-0.39, 0.29) is 0 Å². The minimum atomic E-state index is -0.390. The molecule has 226 valence electrons. The molecule has 8 aromatic carbocycles. The summed E-state index contributed by atoms with van der Waals surface area (Å²) in [6.07, 6.45) is 0. The third kappa shape index (κ3) is 3.73. The van der Waals surface area contributed by atoms with E-state index in [2.05, 4.69) is 183 Å². The van der Waals surface area contributed by atoms with Crippen LogP contribution in [0.3, 0.4) is 0 Å². The van der Waals surface area contributed by atoms with Crippen molar-refractivity contribution in [1.29, 1.82) is 0 Å². The molecule has 0 unspecified atom stereocenters. The lowest BCUT2D eigenvalue weighted by Crippen LogP contribution is -2.25. The summed E-state index contributed by atoms with van der Waals surface area (Å²) in [6.45, 7) is 4.36. The second-order valence-corrected chi connectivity index (χ2v) is 13.5. The second-order valence-electron chi connectivity index (χ2n) is 13.5. The van der Waals surface area contributed by atoms with Gasteiger partial charge in [0, 0.05) is 17.1 Å². The molecule has 1 spiro atoms. The molecule has 48 heavy (non-hydrogen) atoms. The van der Waals surface area contributed by atoms with Gasteiger partial charge >= 0.3 is 0 Å². The number of benzene rings is 8. The normalized spacial score (nSPS) is 13.4. The first kappa shape index (κ1) is 27.2. The van der Waals surface area contributed by atoms with Crippen molar-refractivity contribution in [2.24, 2.45) is 0 Å². The third-order valence-corrected chi connectivity index (χ3v) is 10.6. The summed E-state index contributed by atoms with van der Waals surface area (Å²) in [7, 11) is 0. The Morgan fingerprint density at radius 1 is 0.333 bits per heavy atom. The van der Waals surface area contributed by atoms with E-state index < -0.39 is 5.41 Å². The Balaban J connectivity index is 1.28. The van der Waals surface area contributed by atoms with Gasteiger partial charge in [0.1, 0.15) is 0 Å². The molecule has 0 aromatic heterocycles. The zero-order valence-corrected chi connectivity index (χ0v) is 27.0. The lowest BCUT2D eigenvalue weighted by atomic mass is 9.70. The number of para-hydroxylation sites is 1. The Morgan fingerprint density at radius 2 is 0.854 bits per heavy atom. The molecule has 0 atom stereocenters. The van der Waals surface area contributed by atoms with E-state index in [1.165, 1.54) is 82.9 Å². The number of nitrogens with zero attached hydrogens (tertiary/aromatic N) is 1. The van der Waals surface area contributed by atoms with E-state index in [0.29, 0.717) is 0 Å². The zero-order chi connectivity index (χ0) is 32.0. The summed E-state index contributed by atoms with van der Waals surface area (Å²) in [5.41, 5.74) is 16.4. The maximum absolute atomic E-state index is 2.50. The van der Waals surface area contributed by atoms with Crippen molar-refractivity contribution in [3.63, 3.8) is 0 Å². The highest BCUT2D eigenvalue weighted by Gasteiger charge is 2.51. The molecule has 2 aliphatic rings. The minimum absolute atomic E-state index is 0.390. The molecule has 1 nitrogen and oxygen atoms in total. The summed E-state index contributed by atoms with van der Waals surface area (Å²) >= 11 is 0. The van der Waals surface area contributed by atoms with Gasteiger partial charge in [0.05, 0.1) is 5.41 Å². The molecule has 8 aromatic rings. The van der Waals surface area contributed by atoms with Crippen LogP contribution in [0.1, 0.15) is 33.4 Å². The van der Waals surface area contributed by atoms with Crippen molar-refractivity contribution >= 4 is 38.6 Å². The molecule has 0 N–H and O–H groups in total. The molecule has 0 aliphatic heterocycles. The predicted octanol–water partition coefficient (Wildman–Crippen LogP) is 12.4. The van der Waals surface area contributed by atoms with E-state index in [9.17, 15) is 0 Å². The van der Waals surface area contributed by atoms with Crippen molar-refractivity contribution in [3.8, 4) is 22.3 Å². The smallest absolute Gasteiger partial charge is 0.0725 e. The van der Waals surface area contributed by atoms with Crippen LogP contribution in [0.25, 0.3) is 43.8 Å². The first-order chi connectivity index (χ1) is 23.6. The fraction of sp³-hybridized carbons (Fsp3) is 0.0638. The number of hydrogen-bond acceptors (Lipinski definition) is 1. The van der Waals surface area contributed by atoms with Crippen molar-refractivity contribution in [2.45, 2.75) is 19.3 Å². The number of aryl methyl sites for hydroxylation is 2. The molecule has 0 saturated carbocycles. The van der Waals surface area contributed by atoms with Gasteiger partial charge in [-0.2, -0.15) is 0 Å². The molecule has 10 rings (SSSR count). The van der Waals surface area contributed by atoms with E-state index in [1.54, 1.807) is 0 Å². The first-order valence-corrected chi connectivity index (χ1v) is 16.8. The van der Waals surface area contributed by atoms with Gasteiger partial charge in [-0.05, 0) is 152 Å². The summed E-state index contributed by atoms with van der Waals surface area (Å²) in [5.74, 6) is 0. The van der Waals surface area contributed by atoms with Gasteiger partial charge in [0.2, 0.25) is 0 Å². The molecule has 2 aliphatic carbocycles. The fourth-order valence-electron chi connectivity index (χ4n) is 8.80. The van der Waals surface area contributed by atoms with E-state index in [1.807, 2.05) is 0 Å². The molecule has 0 bridgehead atoms. The van der Waals surface area contributed by atoms with Crippen LogP contribution >= 0.6 is 0 Å².